The Morgan fingerprint density at radius 1 is 1.36 bits per heavy atom. The number of aromatic nitrogens is 2. The third-order valence-electron chi connectivity index (χ3n) is 4.69. The molecule has 0 aliphatic carbocycles. The summed E-state index contributed by atoms with van der Waals surface area (Å²) >= 11 is 0. The summed E-state index contributed by atoms with van der Waals surface area (Å²) in [6.45, 7) is 6.31. The van der Waals surface area contributed by atoms with Crippen molar-refractivity contribution >= 4 is 29.9 Å². The van der Waals surface area contributed by atoms with Crippen molar-refractivity contribution in [3.63, 3.8) is 0 Å². The predicted molar refractivity (Wildman–Crippen MR) is 121 cm³/mol. The van der Waals surface area contributed by atoms with Gasteiger partial charge >= 0.3 is 0 Å². The molecule has 1 atom stereocenters. The van der Waals surface area contributed by atoms with E-state index in [-0.39, 0.29) is 30.1 Å². The number of hydrogen-bond donors (Lipinski definition) is 1. The van der Waals surface area contributed by atoms with E-state index in [9.17, 15) is 0 Å². The molecule has 0 saturated carbocycles. The van der Waals surface area contributed by atoms with Crippen molar-refractivity contribution in [2.75, 3.05) is 33.4 Å². The van der Waals surface area contributed by atoms with Crippen molar-refractivity contribution in [3.05, 3.63) is 53.3 Å². The highest BCUT2D eigenvalue weighted by molar-refractivity contribution is 14.0. The topological polar surface area (TPSA) is 63.9 Å². The summed E-state index contributed by atoms with van der Waals surface area (Å²) in [5.41, 5.74) is 3.53. The highest BCUT2D eigenvalue weighted by Gasteiger charge is 2.25. The van der Waals surface area contributed by atoms with Crippen LogP contribution in [0.1, 0.15) is 29.7 Å². The fourth-order valence-electron chi connectivity index (χ4n) is 3.24. The first-order valence-electron chi connectivity index (χ1n) is 9.41. The lowest BCUT2D eigenvalue weighted by Crippen LogP contribution is -2.48. The van der Waals surface area contributed by atoms with Crippen molar-refractivity contribution < 1.29 is 9.47 Å². The number of morpholine rings is 1. The number of aliphatic imine (C=N–C) groups is 1. The molecular formula is C20H30IN5O2. The number of guanidine groups is 1. The quantitative estimate of drug-likeness (QED) is 0.376. The van der Waals surface area contributed by atoms with E-state index in [4.69, 9.17) is 9.47 Å². The molecular weight excluding hydrogens is 469 g/mol. The molecule has 0 spiro atoms. The maximum Gasteiger partial charge on any atom is 0.194 e. The average molecular weight is 499 g/mol. The summed E-state index contributed by atoms with van der Waals surface area (Å²) in [5.74, 6) is 0.887. The van der Waals surface area contributed by atoms with Crippen LogP contribution >= 0.6 is 24.0 Å². The van der Waals surface area contributed by atoms with Crippen molar-refractivity contribution in [1.82, 2.24) is 20.0 Å². The highest BCUT2D eigenvalue weighted by Crippen LogP contribution is 2.21. The lowest BCUT2D eigenvalue weighted by Gasteiger charge is -2.34. The minimum Gasteiger partial charge on any atom is -0.377 e. The Bertz CT molecular complexity index is 765. The lowest BCUT2D eigenvalue weighted by molar-refractivity contribution is -0.00805. The van der Waals surface area contributed by atoms with E-state index in [1.807, 2.05) is 39.5 Å². The number of rotatable bonds is 6. The summed E-state index contributed by atoms with van der Waals surface area (Å²) in [6, 6.07) is 8.35. The van der Waals surface area contributed by atoms with Crippen LogP contribution in [0.25, 0.3) is 0 Å². The summed E-state index contributed by atoms with van der Waals surface area (Å²) < 4.78 is 13.3. The van der Waals surface area contributed by atoms with Gasteiger partial charge in [-0.25, -0.2) is 0 Å². The van der Waals surface area contributed by atoms with E-state index in [0.717, 1.165) is 24.6 Å². The van der Waals surface area contributed by atoms with Crippen LogP contribution in [0.5, 0.6) is 0 Å². The molecule has 0 bridgehead atoms. The molecule has 0 radical (unpaired) electrons. The number of halogens is 1. The summed E-state index contributed by atoms with van der Waals surface area (Å²) in [7, 11) is 3.74. The number of nitrogens with one attached hydrogen (secondary N) is 1. The molecule has 8 heteroatoms. The summed E-state index contributed by atoms with van der Waals surface area (Å²) in [5, 5.41) is 7.75. The molecule has 3 rings (SSSR count). The molecule has 1 aliphatic heterocycles. The standard InChI is InChI=1S/C20H29N5O2.HI/c1-4-26-15-17-8-6-5-7-16(17)11-22-20(21-2)25-9-10-27-19(14-25)18-12-23-24(3)13-18;/h5-8,12-13,19H,4,9-11,14-15H2,1-3H3,(H,21,22);1H. The van der Waals surface area contributed by atoms with Crippen LogP contribution < -0.4 is 5.32 Å². The number of aryl methyl sites for hydroxylation is 1. The van der Waals surface area contributed by atoms with Gasteiger partial charge in [0.05, 0.1) is 26.0 Å². The Labute approximate surface area is 184 Å². The maximum atomic E-state index is 5.93. The Kier molecular flexibility index (Phi) is 9.20. The van der Waals surface area contributed by atoms with Gasteiger partial charge in [-0.2, -0.15) is 5.10 Å². The molecule has 1 aromatic carbocycles. The largest absolute Gasteiger partial charge is 0.377 e. The van der Waals surface area contributed by atoms with Gasteiger partial charge in [0.15, 0.2) is 5.96 Å². The maximum absolute atomic E-state index is 5.93. The van der Waals surface area contributed by atoms with Gasteiger partial charge in [0.2, 0.25) is 0 Å². The van der Waals surface area contributed by atoms with E-state index in [1.165, 1.54) is 11.1 Å². The van der Waals surface area contributed by atoms with Crippen LogP contribution in [0, 0.1) is 0 Å². The van der Waals surface area contributed by atoms with Crippen LogP contribution in [0.4, 0.5) is 0 Å². The molecule has 1 unspecified atom stereocenters. The first-order valence-corrected chi connectivity index (χ1v) is 9.41. The Hall–Kier alpha value is -1.65. The third kappa shape index (κ3) is 5.92. The summed E-state index contributed by atoms with van der Waals surface area (Å²) in [6.07, 6.45) is 3.89. The number of hydrogen-bond acceptors (Lipinski definition) is 4. The molecule has 154 valence electrons. The molecule has 28 heavy (non-hydrogen) atoms. The van der Waals surface area contributed by atoms with E-state index in [0.29, 0.717) is 26.4 Å². The second-order valence-electron chi connectivity index (χ2n) is 6.56. The predicted octanol–water partition coefficient (Wildman–Crippen LogP) is 2.72. The van der Waals surface area contributed by atoms with Crippen LogP contribution in [0.3, 0.4) is 0 Å². The van der Waals surface area contributed by atoms with Gasteiger partial charge < -0.3 is 19.7 Å². The number of nitrogens with zero attached hydrogens (tertiary/aromatic N) is 4. The van der Waals surface area contributed by atoms with Gasteiger partial charge in [-0.15, -0.1) is 24.0 Å². The van der Waals surface area contributed by atoms with Crippen LogP contribution in [-0.4, -0.2) is 54.0 Å². The zero-order valence-corrected chi connectivity index (χ0v) is 19.1. The Balaban J connectivity index is 0.00000280. The zero-order chi connectivity index (χ0) is 19.1. The van der Waals surface area contributed by atoms with Gasteiger partial charge in [-0.3, -0.25) is 9.67 Å². The number of ether oxygens (including phenoxy) is 2. The lowest BCUT2D eigenvalue weighted by atomic mass is 10.1. The Morgan fingerprint density at radius 2 is 2.14 bits per heavy atom. The summed E-state index contributed by atoms with van der Waals surface area (Å²) in [4.78, 5) is 6.72. The smallest absolute Gasteiger partial charge is 0.194 e. The normalized spacial score (nSPS) is 17.3. The van der Waals surface area contributed by atoms with E-state index in [2.05, 4.69) is 38.5 Å². The van der Waals surface area contributed by atoms with Crippen LogP contribution in [0.2, 0.25) is 0 Å². The molecule has 1 saturated heterocycles. The van der Waals surface area contributed by atoms with Gasteiger partial charge in [-0.1, -0.05) is 24.3 Å². The minimum atomic E-state index is 0. The number of benzene rings is 1. The fourth-order valence-corrected chi connectivity index (χ4v) is 3.24. The van der Waals surface area contributed by atoms with Gasteiger partial charge in [0.25, 0.3) is 0 Å². The monoisotopic (exact) mass is 499 g/mol. The zero-order valence-electron chi connectivity index (χ0n) is 16.8. The molecule has 2 aromatic rings. The van der Waals surface area contributed by atoms with Crippen LogP contribution in [0.15, 0.2) is 41.7 Å². The third-order valence-corrected chi connectivity index (χ3v) is 4.69. The van der Waals surface area contributed by atoms with Gasteiger partial charge in [0.1, 0.15) is 6.10 Å². The second kappa shape index (κ2) is 11.4. The molecule has 2 heterocycles. The van der Waals surface area contributed by atoms with Crippen molar-refractivity contribution in [2.24, 2.45) is 12.0 Å². The van der Waals surface area contributed by atoms with Crippen LogP contribution in [-0.2, 0) is 29.7 Å². The minimum absolute atomic E-state index is 0. The molecule has 1 N–H and O–H groups in total. The first kappa shape index (κ1) is 22.6. The first-order chi connectivity index (χ1) is 13.2. The molecule has 1 aliphatic rings. The highest BCUT2D eigenvalue weighted by atomic mass is 127. The van der Waals surface area contributed by atoms with Gasteiger partial charge in [0, 0.05) is 45.6 Å². The second-order valence-corrected chi connectivity index (χ2v) is 6.56. The Morgan fingerprint density at radius 3 is 2.82 bits per heavy atom. The molecule has 1 aromatic heterocycles. The van der Waals surface area contributed by atoms with E-state index < -0.39 is 0 Å². The van der Waals surface area contributed by atoms with E-state index >= 15 is 0 Å². The fraction of sp³-hybridized carbons (Fsp3) is 0.500. The average Bonchev–Trinajstić information content (AvgIpc) is 3.14. The van der Waals surface area contributed by atoms with Gasteiger partial charge in [-0.05, 0) is 18.1 Å². The van der Waals surface area contributed by atoms with Crippen molar-refractivity contribution in [1.29, 1.82) is 0 Å². The SMILES string of the molecule is CCOCc1ccccc1CNC(=NC)N1CCOC(c2cnn(C)c2)C1.I. The van der Waals surface area contributed by atoms with Crippen molar-refractivity contribution in [2.45, 2.75) is 26.2 Å². The van der Waals surface area contributed by atoms with Crippen molar-refractivity contribution in [3.8, 4) is 0 Å². The molecule has 7 nitrogen and oxygen atoms in total. The molecule has 1 fully saturated rings. The van der Waals surface area contributed by atoms with E-state index in [1.54, 1.807) is 4.68 Å². The molecule has 0 amide bonds.